The molecular formula is C20H30O3. The normalized spacial score (nSPS) is 11.9. The van der Waals surface area contributed by atoms with Crippen molar-refractivity contribution in [1.82, 2.24) is 0 Å². The molecule has 1 rings (SSSR count). The van der Waals surface area contributed by atoms with E-state index in [1.807, 2.05) is 31.2 Å². The lowest BCUT2D eigenvalue weighted by atomic mass is 10.0. The van der Waals surface area contributed by atoms with Gasteiger partial charge in [0.25, 0.3) is 0 Å². The highest BCUT2D eigenvalue weighted by molar-refractivity contribution is 5.83. The minimum atomic E-state index is -0.438. The van der Waals surface area contributed by atoms with Crippen LogP contribution in [-0.2, 0) is 9.53 Å². The Morgan fingerprint density at radius 2 is 1.83 bits per heavy atom. The number of unbranched alkanes of at least 4 members (excludes halogenated alkanes) is 5. The predicted octanol–water partition coefficient (Wildman–Crippen LogP) is 5.61. The summed E-state index contributed by atoms with van der Waals surface area (Å²) in [6.07, 6.45) is 9.61. The van der Waals surface area contributed by atoms with Gasteiger partial charge in [0.2, 0.25) is 0 Å². The minimum Gasteiger partial charge on any atom is -0.423 e. The fourth-order valence-corrected chi connectivity index (χ4v) is 2.63. The second-order valence-corrected chi connectivity index (χ2v) is 5.66. The van der Waals surface area contributed by atoms with E-state index in [1.165, 1.54) is 38.2 Å². The molecule has 1 aromatic carbocycles. The lowest BCUT2D eigenvalue weighted by molar-refractivity contribution is -0.129. The van der Waals surface area contributed by atoms with E-state index in [9.17, 15) is 4.79 Å². The average molecular weight is 318 g/mol. The molecule has 0 aliphatic rings. The predicted molar refractivity (Wildman–Crippen MR) is 94.6 cm³/mol. The van der Waals surface area contributed by atoms with Crippen LogP contribution in [0.25, 0.3) is 0 Å². The molecule has 0 aromatic heterocycles. The summed E-state index contributed by atoms with van der Waals surface area (Å²) in [5.74, 6) is 0.133. The van der Waals surface area contributed by atoms with Gasteiger partial charge >= 0.3 is 5.97 Å². The maximum absolute atomic E-state index is 11.5. The van der Waals surface area contributed by atoms with Crippen molar-refractivity contribution in [3.63, 3.8) is 0 Å². The second-order valence-electron chi connectivity index (χ2n) is 5.66. The van der Waals surface area contributed by atoms with Gasteiger partial charge in [0.1, 0.15) is 5.75 Å². The van der Waals surface area contributed by atoms with Crippen LogP contribution in [0.3, 0.4) is 0 Å². The van der Waals surface area contributed by atoms with Crippen LogP contribution in [0, 0.1) is 0 Å². The fourth-order valence-electron chi connectivity index (χ4n) is 2.63. The molecule has 1 aromatic rings. The van der Waals surface area contributed by atoms with Crippen LogP contribution >= 0.6 is 0 Å². The third-order valence-electron chi connectivity index (χ3n) is 3.83. The lowest BCUT2D eigenvalue weighted by Crippen LogP contribution is -2.10. The maximum Gasteiger partial charge on any atom is 0.335 e. The minimum absolute atomic E-state index is 0.0278. The Bertz CT molecular complexity index is 468. The highest BCUT2D eigenvalue weighted by atomic mass is 16.5. The fraction of sp³-hybridized carbons (Fsp3) is 0.550. The lowest BCUT2D eigenvalue weighted by Gasteiger charge is -2.20. The number of carbonyl (C=O) groups is 1. The number of carbonyl (C=O) groups excluding carboxylic acids is 1. The van der Waals surface area contributed by atoms with Crippen molar-refractivity contribution in [2.24, 2.45) is 0 Å². The van der Waals surface area contributed by atoms with E-state index < -0.39 is 5.97 Å². The summed E-state index contributed by atoms with van der Waals surface area (Å²) in [5.41, 5.74) is 0.943. The molecule has 0 aliphatic carbocycles. The van der Waals surface area contributed by atoms with Gasteiger partial charge in [-0.05, 0) is 19.4 Å². The van der Waals surface area contributed by atoms with Gasteiger partial charge in [0.05, 0.1) is 6.10 Å². The van der Waals surface area contributed by atoms with Crippen molar-refractivity contribution < 1.29 is 14.3 Å². The maximum atomic E-state index is 11.5. The van der Waals surface area contributed by atoms with Crippen molar-refractivity contribution in [3.8, 4) is 5.75 Å². The monoisotopic (exact) mass is 318 g/mol. The van der Waals surface area contributed by atoms with Crippen molar-refractivity contribution in [2.75, 3.05) is 6.61 Å². The topological polar surface area (TPSA) is 35.5 Å². The average Bonchev–Trinajstić information content (AvgIpc) is 2.57. The molecule has 0 amide bonds. The number of para-hydroxylation sites is 1. The van der Waals surface area contributed by atoms with Crippen molar-refractivity contribution in [1.29, 1.82) is 0 Å². The van der Waals surface area contributed by atoms with Crippen LogP contribution < -0.4 is 4.74 Å². The van der Waals surface area contributed by atoms with Gasteiger partial charge in [0, 0.05) is 18.2 Å². The number of hydrogen-bond donors (Lipinski definition) is 0. The van der Waals surface area contributed by atoms with Crippen molar-refractivity contribution in [3.05, 3.63) is 42.5 Å². The van der Waals surface area contributed by atoms with E-state index in [1.54, 1.807) is 0 Å². The summed E-state index contributed by atoms with van der Waals surface area (Å²) >= 11 is 0. The van der Waals surface area contributed by atoms with Crippen molar-refractivity contribution >= 4 is 5.97 Å². The van der Waals surface area contributed by atoms with Gasteiger partial charge in [0.15, 0.2) is 0 Å². The molecule has 1 unspecified atom stereocenters. The first-order valence-electron chi connectivity index (χ1n) is 8.77. The molecule has 0 N–H and O–H groups in total. The molecule has 23 heavy (non-hydrogen) atoms. The van der Waals surface area contributed by atoms with Gasteiger partial charge in [-0.25, -0.2) is 4.79 Å². The number of esters is 1. The van der Waals surface area contributed by atoms with Gasteiger partial charge in [-0.1, -0.05) is 70.2 Å². The number of benzene rings is 1. The van der Waals surface area contributed by atoms with Crippen molar-refractivity contribution in [2.45, 2.75) is 64.9 Å². The standard InChI is InChI=1S/C20H30O3/c1-4-7-8-9-10-11-15-18(22-6-3)17-14-12-13-16-19(17)23-20(21)5-2/h5,12-14,16,18H,2,4,6-11,15H2,1,3H3. The smallest absolute Gasteiger partial charge is 0.335 e. The molecule has 0 spiro atoms. The Kier molecular flexibility index (Phi) is 10.0. The number of hydrogen-bond acceptors (Lipinski definition) is 3. The van der Waals surface area contributed by atoms with E-state index in [2.05, 4.69) is 13.5 Å². The largest absolute Gasteiger partial charge is 0.423 e. The molecule has 0 bridgehead atoms. The molecule has 0 radical (unpaired) electrons. The Morgan fingerprint density at radius 3 is 2.52 bits per heavy atom. The number of ether oxygens (including phenoxy) is 2. The zero-order chi connectivity index (χ0) is 16.9. The molecule has 0 fully saturated rings. The van der Waals surface area contributed by atoms with Gasteiger partial charge in [-0.2, -0.15) is 0 Å². The van der Waals surface area contributed by atoms with Crippen LogP contribution in [0.15, 0.2) is 36.9 Å². The molecule has 1 atom stereocenters. The summed E-state index contributed by atoms with van der Waals surface area (Å²) in [6.45, 7) is 8.31. The highest BCUT2D eigenvalue weighted by Gasteiger charge is 2.17. The zero-order valence-corrected chi connectivity index (χ0v) is 14.6. The summed E-state index contributed by atoms with van der Waals surface area (Å²) in [4.78, 5) is 11.5. The highest BCUT2D eigenvalue weighted by Crippen LogP contribution is 2.31. The molecule has 3 nitrogen and oxygen atoms in total. The molecule has 3 heteroatoms. The molecule has 128 valence electrons. The van der Waals surface area contributed by atoms with E-state index in [4.69, 9.17) is 9.47 Å². The Hall–Kier alpha value is -1.61. The Labute approximate surface area is 140 Å². The van der Waals surface area contributed by atoms with Crippen LogP contribution in [0.1, 0.15) is 70.5 Å². The molecule has 0 saturated carbocycles. The second kappa shape index (κ2) is 11.9. The zero-order valence-electron chi connectivity index (χ0n) is 14.6. The first kappa shape index (κ1) is 19.4. The molecule has 0 aliphatic heterocycles. The van der Waals surface area contributed by atoms with Crippen LogP contribution in [0.4, 0.5) is 0 Å². The summed E-state index contributed by atoms with van der Waals surface area (Å²) in [6, 6.07) is 7.60. The Balaban J connectivity index is 2.65. The molecular weight excluding hydrogens is 288 g/mol. The van der Waals surface area contributed by atoms with Crippen LogP contribution in [0.5, 0.6) is 5.75 Å². The summed E-state index contributed by atoms with van der Waals surface area (Å²) < 4.78 is 11.2. The Morgan fingerprint density at radius 1 is 1.13 bits per heavy atom. The number of rotatable bonds is 12. The first-order valence-corrected chi connectivity index (χ1v) is 8.77. The summed E-state index contributed by atoms with van der Waals surface area (Å²) in [5, 5.41) is 0. The summed E-state index contributed by atoms with van der Waals surface area (Å²) in [7, 11) is 0. The quantitative estimate of drug-likeness (QED) is 0.217. The third kappa shape index (κ3) is 7.47. The van der Waals surface area contributed by atoms with Gasteiger partial charge in [-0.15, -0.1) is 0 Å². The third-order valence-corrected chi connectivity index (χ3v) is 3.83. The van der Waals surface area contributed by atoms with Crippen LogP contribution in [-0.4, -0.2) is 12.6 Å². The first-order chi connectivity index (χ1) is 11.2. The van der Waals surface area contributed by atoms with Gasteiger partial charge < -0.3 is 9.47 Å². The van der Waals surface area contributed by atoms with Crippen LogP contribution in [0.2, 0.25) is 0 Å². The van der Waals surface area contributed by atoms with E-state index >= 15 is 0 Å². The van der Waals surface area contributed by atoms with E-state index in [0.717, 1.165) is 18.4 Å². The molecule has 0 saturated heterocycles. The molecule has 0 heterocycles. The van der Waals surface area contributed by atoms with E-state index in [-0.39, 0.29) is 6.10 Å². The SMILES string of the molecule is C=CC(=O)Oc1ccccc1C(CCCCCCCC)OCC. The van der Waals surface area contributed by atoms with E-state index in [0.29, 0.717) is 12.4 Å². The van der Waals surface area contributed by atoms with Gasteiger partial charge in [-0.3, -0.25) is 0 Å².